The van der Waals surface area contributed by atoms with E-state index < -0.39 is 0 Å². The molecule has 2 aromatic heterocycles. The maximum absolute atomic E-state index is 9.41. The molecule has 2 atom stereocenters. The Bertz CT molecular complexity index is 752. The summed E-state index contributed by atoms with van der Waals surface area (Å²) in [5.74, 6) is 1.02. The van der Waals surface area contributed by atoms with Crippen molar-refractivity contribution in [2.45, 2.75) is 26.3 Å². The van der Waals surface area contributed by atoms with Gasteiger partial charge in [-0.1, -0.05) is 6.07 Å². The second-order valence-corrected chi connectivity index (χ2v) is 6.39. The van der Waals surface area contributed by atoms with Crippen LogP contribution in [0.25, 0.3) is 0 Å². The molecular formula is C18H22N6. The minimum atomic E-state index is 0.330. The second kappa shape index (κ2) is 6.93. The Morgan fingerprint density at radius 3 is 2.92 bits per heavy atom. The summed E-state index contributed by atoms with van der Waals surface area (Å²) in [5.41, 5.74) is 3.51. The number of aromatic nitrogens is 3. The van der Waals surface area contributed by atoms with Gasteiger partial charge in [0.1, 0.15) is 11.6 Å². The minimum absolute atomic E-state index is 0.330. The molecule has 0 amide bonds. The summed E-state index contributed by atoms with van der Waals surface area (Å²) in [5, 5.41) is 21.1. The Morgan fingerprint density at radius 1 is 1.38 bits per heavy atom. The van der Waals surface area contributed by atoms with E-state index in [2.05, 4.69) is 44.6 Å². The van der Waals surface area contributed by atoms with Gasteiger partial charge in [-0.2, -0.15) is 10.4 Å². The molecule has 0 aromatic carbocycles. The third kappa shape index (κ3) is 3.08. The smallest absolute Gasteiger partial charge is 0.166 e. The third-order valence-electron chi connectivity index (χ3n) is 4.90. The number of hydrogen-bond acceptors (Lipinski definition) is 6. The molecule has 3 heterocycles. The van der Waals surface area contributed by atoms with Crippen molar-refractivity contribution in [3.05, 3.63) is 46.9 Å². The molecule has 6 nitrogen and oxygen atoms in total. The number of aryl methyl sites for hydroxylation is 1. The highest BCUT2D eigenvalue weighted by atomic mass is 15.2. The van der Waals surface area contributed by atoms with Crippen LogP contribution < -0.4 is 5.32 Å². The zero-order valence-electron chi connectivity index (χ0n) is 14.3. The summed E-state index contributed by atoms with van der Waals surface area (Å²) < 4.78 is 0. The summed E-state index contributed by atoms with van der Waals surface area (Å²) in [6.45, 7) is 5.60. The van der Waals surface area contributed by atoms with Crippen LogP contribution in [0.1, 0.15) is 34.8 Å². The first-order valence-corrected chi connectivity index (χ1v) is 8.19. The van der Waals surface area contributed by atoms with Crippen LogP contribution in [0.3, 0.4) is 0 Å². The number of anilines is 1. The molecule has 3 rings (SSSR count). The average molecular weight is 322 g/mol. The fourth-order valence-electron chi connectivity index (χ4n) is 3.41. The predicted molar refractivity (Wildman–Crippen MR) is 92.4 cm³/mol. The summed E-state index contributed by atoms with van der Waals surface area (Å²) in [4.78, 5) is 6.61. The van der Waals surface area contributed by atoms with E-state index in [9.17, 15) is 5.26 Å². The number of nitrogens with one attached hydrogen (secondary N) is 1. The molecule has 124 valence electrons. The molecule has 1 saturated heterocycles. The summed E-state index contributed by atoms with van der Waals surface area (Å²) in [6, 6.07) is 6.68. The van der Waals surface area contributed by atoms with E-state index in [1.165, 1.54) is 5.56 Å². The lowest BCUT2D eigenvalue weighted by Crippen LogP contribution is -2.25. The van der Waals surface area contributed by atoms with Crippen LogP contribution in [0, 0.1) is 31.1 Å². The molecule has 0 unspecified atom stereocenters. The molecule has 1 N–H and O–H groups in total. The number of nitrogens with zero attached hydrogens (tertiary/aromatic N) is 5. The first kappa shape index (κ1) is 16.3. The third-order valence-corrected chi connectivity index (χ3v) is 4.90. The van der Waals surface area contributed by atoms with Crippen LogP contribution in [0.2, 0.25) is 0 Å². The van der Waals surface area contributed by atoms with Gasteiger partial charge in [-0.05, 0) is 57.0 Å². The second-order valence-electron chi connectivity index (χ2n) is 6.39. The van der Waals surface area contributed by atoms with E-state index in [-0.39, 0.29) is 0 Å². The topological polar surface area (TPSA) is 77.7 Å². The molecule has 1 fully saturated rings. The summed E-state index contributed by atoms with van der Waals surface area (Å²) in [7, 11) is 2.15. The fraction of sp³-hybridized carbons (Fsp3) is 0.444. The van der Waals surface area contributed by atoms with Crippen molar-refractivity contribution < 1.29 is 0 Å². The number of nitriles is 1. The van der Waals surface area contributed by atoms with Gasteiger partial charge in [-0.25, -0.2) is 0 Å². The predicted octanol–water partition coefficient (Wildman–Crippen LogP) is 2.47. The van der Waals surface area contributed by atoms with Crippen molar-refractivity contribution in [3.63, 3.8) is 0 Å². The highest BCUT2D eigenvalue weighted by Gasteiger charge is 2.33. The average Bonchev–Trinajstić information content (AvgIpc) is 2.97. The Balaban J connectivity index is 1.77. The zero-order valence-corrected chi connectivity index (χ0v) is 14.3. The Kier molecular flexibility index (Phi) is 4.72. The zero-order chi connectivity index (χ0) is 17.1. The molecule has 6 heteroatoms. The van der Waals surface area contributed by atoms with Gasteiger partial charge in [0.2, 0.25) is 0 Å². The lowest BCUT2D eigenvalue weighted by Gasteiger charge is -2.25. The van der Waals surface area contributed by atoms with Crippen LogP contribution in [-0.2, 0) is 0 Å². The van der Waals surface area contributed by atoms with Crippen molar-refractivity contribution in [3.8, 4) is 6.07 Å². The Hall–Kier alpha value is -2.52. The lowest BCUT2D eigenvalue weighted by atomic mass is 9.94. The standard InChI is InChI=1S/C18H22N6/c1-12-13(2)22-23-18(16(12)9-19)21-11-15-6-8-24(3)17(15)14-5-4-7-20-10-14/h4-5,7,10,15,17H,6,8,11H2,1-3H3,(H,21,23)/t15-,17-/m0/s1. The molecule has 0 aliphatic carbocycles. The molecule has 0 saturated carbocycles. The van der Waals surface area contributed by atoms with Crippen LogP contribution >= 0.6 is 0 Å². The molecular weight excluding hydrogens is 300 g/mol. The van der Waals surface area contributed by atoms with E-state index in [1.807, 2.05) is 26.1 Å². The van der Waals surface area contributed by atoms with E-state index in [1.54, 1.807) is 6.20 Å². The minimum Gasteiger partial charge on any atom is -0.367 e. The number of hydrogen-bond donors (Lipinski definition) is 1. The molecule has 0 radical (unpaired) electrons. The van der Waals surface area contributed by atoms with Gasteiger partial charge in [0.05, 0.1) is 5.69 Å². The van der Waals surface area contributed by atoms with Gasteiger partial charge in [0.15, 0.2) is 5.82 Å². The SMILES string of the molecule is Cc1nnc(NC[C@@H]2CCN(C)[C@H]2c2cccnc2)c(C#N)c1C. The van der Waals surface area contributed by atoms with Crippen LogP contribution in [0.5, 0.6) is 0 Å². The molecule has 0 spiro atoms. The lowest BCUT2D eigenvalue weighted by molar-refractivity contribution is 0.281. The number of pyridine rings is 1. The van der Waals surface area contributed by atoms with Crippen LogP contribution in [0.4, 0.5) is 5.82 Å². The first-order chi connectivity index (χ1) is 11.6. The summed E-state index contributed by atoms with van der Waals surface area (Å²) in [6.07, 6.45) is 4.84. The van der Waals surface area contributed by atoms with Gasteiger partial charge in [-0.15, -0.1) is 5.10 Å². The molecule has 2 aromatic rings. The van der Waals surface area contributed by atoms with Crippen molar-refractivity contribution in [2.24, 2.45) is 5.92 Å². The monoisotopic (exact) mass is 322 g/mol. The van der Waals surface area contributed by atoms with Gasteiger partial charge < -0.3 is 5.32 Å². The van der Waals surface area contributed by atoms with Crippen LogP contribution in [0.15, 0.2) is 24.5 Å². The normalized spacial score (nSPS) is 20.8. The fourth-order valence-corrected chi connectivity index (χ4v) is 3.41. The van der Waals surface area contributed by atoms with E-state index in [0.29, 0.717) is 23.3 Å². The largest absolute Gasteiger partial charge is 0.367 e. The van der Waals surface area contributed by atoms with Crippen molar-refractivity contribution in [1.29, 1.82) is 5.26 Å². The highest BCUT2D eigenvalue weighted by molar-refractivity contribution is 5.55. The maximum atomic E-state index is 9.41. The molecule has 24 heavy (non-hydrogen) atoms. The number of likely N-dealkylation sites (tertiary alicyclic amines) is 1. The van der Waals surface area contributed by atoms with Gasteiger partial charge in [-0.3, -0.25) is 9.88 Å². The van der Waals surface area contributed by atoms with Crippen molar-refractivity contribution in [1.82, 2.24) is 20.1 Å². The Morgan fingerprint density at radius 2 is 2.21 bits per heavy atom. The van der Waals surface area contributed by atoms with Crippen LogP contribution in [-0.4, -0.2) is 40.2 Å². The van der Waals surface area contributed by atoms with Gasteiger partial charge in [0.25, 0.3) is 0 Å². The summed E-state index contributed by atoms with van der Waals surface area (Å²) >= 11 is 0. The molecule has 1 aliphatic rings. The van der Waals surface area contributed by atoms with Crippen molar-refractivity contribution >= 4 is 5.82 Å². The van der Waals surface area contributed by atoms with E-state index in [4.69, 9.17) is 0 Å². The highest BCUT2D eigenvalue weighted by Crippen LogP contribution is 2.35. The van der Waals surface area contributed by atoms with Gasteiger partial charge >= 0.3 is 0 Å². The first-order valence-electron chi connectivity index (χ1n) is 8.19. The maximum Gasteiger partial charge on any atom is 0.166 e. The molecule has 1 aliphatic heterocycles. The molecule has 0 bridgehead atoms. The van der Waals surface area contributed by atoms with E-state index in [0.717, 1.165) is 30.8 Å². The van der Waals surface area contributed by atoms with Gasteiger partial charge in [0, 0.05) is 25.0 Å². The van der Waals surface area contributed by atoms with Crippen molar-refractivity contribution in [2.75, 3.05) is 25.5 Å². The van der Waals surface area contributed by atoms with E-state index >= 15 is 0 Å². The Labute approximate surface area is 142 Å². The quantitative estimate of drug-likeness (QED) is 0.931. The number of rotatable bonds is 4.